The number of aromatic amines is 1. The molecule has 3 aromatic heterocycles. The third kappa shape index (κ3) is 4.03. The molecule has 9 heteroatoms. The molecule has 2 N–H and O–H groups in total. The number of fused-ring (bicyclic) bond motifs is 1. The second-order valence-corrected chi connectivity index (χ2v) is 8.90. The minimum atomic E-state index is -0.769. The van der Waals surface area contributed by atoms with Gasteiger partial charge < -0.3 is 19.8 Å². The fraction of sp³-hybridized carbons (Fsp3) is 0.296. The van der Waals surface area contributed by atoms with Crippen molar-refractivity contribution in [1.29, 1.82) is 5.26 Å². The number of pyridine rings is 2. The molecule has 1 aromatic carbocycles. The molecule has 0 unspecified atom stereocenters. The lowest BCUT2D eigenvalue weighted by atomic mass is 9.74. The van der Waals surface area contributed by atoms with Gasteiger partial charge in [0.1, 0.15) is 5.65 Å². The molecule has 5 rings (SSSR count). The van der Waals surface area contributed by atoms with Crippen LogP contribution in [0, 0.1) is 23.0 Å². The predicted molar refractivity (Wildman–Crippen MR) is 131 cm³/mol. The summed E-state index contributed by atoms with van der Waals surface area (Å²) in [5.41, 5.74) is 3.04. The third-order valence-electron chi connectivity index (χ3n) is 6.94. The highest BCUT2D eigenvalue weighted by Gasteiger charge is 2.34. The standard InChI is InChI=1S/C27H25F2N5O2/c1-35-22-10-23(36-2)25(29)21(24(22)28)9-18-13-34-26-20(18)8-17(12-33-26)16-7-19(14-32-11-16)27(15-30)3-5-31-6-4-27/h7-8,10-14,31H,3-6,9H2,1-2H3,(H,33,34). The van der Waals surface area contributed by atoms with Crippen molar-refractivity contribution in [1.82, 2.24) is 20.3 Å². The summed E-state index contributed by atoms with van der Waals surface area (Å²) in [5, 5.41) is 14.0. The van der Waals surface area contributed by atoms with Gasteiger partial charge in [-0.1, -0.05) is 0 Å². The summed E-state index contributed by atoms with van der Waals surface area (Å²) in [7, 11) is 2.65. The zero-order chi connectivity index (χ0) is 25.3. The van der Waals surface area contributed by atoms with Crippen LogP contribution in [0.2, 0.25) is 0 Å². The monoisotopic (exact) mass is 489 g/mol. The molecule has 0 saturated carbocycles. The van der Waals surface area contributed by atoms with Crippen molar-refractivity contribution in [3.05, 3.63) is 71.3 Å². The van der Waals surface area contributed by atoms with Crippen molar-refractivity contribution in [2.24, 2.45) is 0 Å². The van der Waals surface area contributed by atoms with Gasteiger partial charge in [-0.2, -0.15) is 5.26 Å². The number of ether oxygens (including phenoxy) is 2. The second kappa shape index (κ2) is 9.55. The number of H-pyrrole nitrogens is 1. The molecule has 4 heterocycles. The van der Waals surface area contributed by atoms with Crippen LogP contribution in [0.15, 0.2) is 43.0 Å². The van der Waals surface area contributed by atoms with E-state index in [1.165, 1.54) is 20.3 Å². The highest BCUT2D eigenvalue weighted by Crippen LogP contribution is 2.36. The van der Waals surface area contributed by atoms with E-state index in [4.69, 9.17) is 9.47 Å². The third-order valence-corrected chi connectivity index (χ3v) is 6.94. The van der Waals surface area contributed by atoms with Gasteiger partial charge in [0.2, 0.25) is 0 Å². The van der Waals surface area contributed by atoms with E-state index in [1.54, 1.807) is 24.8 Å². The number of piperidine rings is 1. The zero-order valence-electron chi connectivity index (χ0n) is 20.0. The molecule has 1 aliphatic rings. The van der Waals surface area contributed by atoms with Gasteiger partial charge in [-0.15, -0.1) is 0 Å². The number of nitrogens with one attached hydrogen (secondary N) is 2. The Bertz CT molecular complexity index is 1440. The van der Waals surface area contributed by atoms with Crippen molar-refractivity contribution >= 4 is 11.0 Å². The van der Waals surface area contributed by atoms with Crippen molar-refractivity contribution in [3.8, 4) is 28.7 Å². The van der Waals surface area contributed by atoms with Crippen molar-refractivity contribution < 1.29 is 18.3 Å². The van der Waals surface area contributed by atoms with E-state index in [9.17, 15) is 14.0 Å². The molecule has 0 bridgehead atoms. The Hall–Kier alpha value is -4.03. The number of methoxy groups -OCH3 is 2. The molecule has 0 amide bonds. The minimum absolute atomic E-state index is 0.0286. The van der Waals surface area contributed by atoms with Crippen LogP contribution in [0.4, 0.5) is 8.78 Å². The molecule has 0 spiro atoms. The van der Waals surface area contributed by atoms with Crippen molar-refractivity contribution in [2.45, 2.75) is 24.7 Å². The van der Waals surface area contributed by atoms with E-state index in [2.05, 4.69) is 26.3 Å². The summed E-state index contributed by atoms with van der Waals surface area (Å²) < 4.78 is 40.1. The average Bonchev–Trinajstić information content (AvgIpc) is 3.33. The van der Waals surface area contributed by atoms with Crippen LogP contribution in [0.5, 0.6) is 11.5 Å². The maximum absolute atomic E-state index is 15.0. The Labute approximate surface area is 207 Å². The fourth-order valence-electron chi connectivity index (χ4n) is 4.82. The van der Waals surface area contributed by atoms with Gasteiger partial charge in [-0.05, 0) is 49.2 Å². The number of hydrogen-bond donors (Lipinski definition) is 2. The first-order valence-electron chi connectivity index (χ1n) is 11.6. The van der Waals surface area contributed by atoms with Crippen molar-refractivity contribution in [3.63, 3.8) is 0 Å². The fourth-order valence-corrected chi connectivity index (χ4v) is 4.82. The first kappa shape index (κ1) is 23.7. The molecule has 1 aliphatic heterocycles. The summed E-state index contributed by atoms with van der Waals surface area (Å²) in [6.45, 7) is 1.56. The van der Waals surface area contributed by atoms with E-state index in [-0.39, 0.29) is 23.5 Å². The molecule has 0 atom stereocenters. The lowest BCUT2D eigenvalue weighted by Crippen LogP contribution is -2.38. The quantitative estimate of drug-likeness (QED) is 0.409. The molecule has 0 aliphatic carbocycles. The Morgan fingerprint density at radius 2 is 1.69 bits per heavy atom. The summed E-state index contributed by atoms with van der Waals surface area (Å²) in [6, 6.07) is 7.61. The Kier molecular flexibility index (Phi) is 6.29. The Morgan fingerprint density at radius 3 is 2.36 bits per heavy atom. The van der Waals surface area contributed by atoms with E-state index in [1.807, 2.05) is 12.1 Å². The maximum atomic E-state index is 15.0. The van der Waals surface area contributed by atoms with Gasteiger partial charge in [0.15, 0.2) is 23.1 Å². The highest BCUT2D eigenvalue weighted by molar-refractivity contribution is 5.85. The van der Waals surface area contributed by atoms with E-state index < -0.39 is 17.0 Å². The molecule has 4 aromatic rings. The Balaban J connectivity index is 1.55. The van der Waals surface area contributed by atoms with Crippen LogP contribution in [0.3, 0.4) is 0 Å². The molecule has 1 fully saturated rings. The molecule has 7 nitrogen and oxygen atoms in total. The average molecular weight is 490 g/mol. The minimum Gasteiger partial charge on any atom is -0.494 e. The lowest BCUT2D eigenvalue weighted by molar-refractivity contribution is 0.354. The van der Waals surface area contributed by atoms with E-state index >= 15 is 0 Å². The number of hydrogen-bond acceptors (Lipinski definition) is 6. The van der Waals surface area contributed by atoms with Crippen LogP contribution < -0.4 is 14.8 Å². The van der Waals surface area contributed by atoms with E-state index in [0.717, 1.165) is 48.0 Å². The second-order valence-electron chi connectivity index (χ2n) is 8.90. The molecular formula is C27H25F2N5O2. The molecular weight excluding hydrogens is 464 g/mol. The number of nitrogens with zero attached hydrogens (tertiary/aromatic N) is 3. The number of nitriles is 1. The maximum Gasteiger partial charge on any atom is 0.171 e. The zero-order valence-corrected chi connectivity index (χ0v) is 20.0. The normalized spacial score (nSPS) is 15.0. The molecule has 36 heavy (non-hydrogen) atoms. The van der Waals surface area contributed by atoms with Gasteiger partial charge in [0.05, 0.1) is 25.7 Å². The molecule has 0 radical (unpaired) electrons. The van der Waals surface area contributed by atoms with Crippen LogP contribution in [0.1, 0.15) is 29.5 Å². The van der Waals surface area contributed by atoms with Crippen LogP contribution >= 0.6 is 0 Å². The summed E-state index contributed by atoms with van der Waals surface area (Å²) >= 11 is 0. The van der Waals surface area contributed by atoms with Gasteiger partial charge in [-0.3, -0.25) is 4.98 Å². The number of benzene rings is 1. The first-order valence-corrected chi connectivity index (χ1v) is 11.6. The van der Waals surface area contributed by atoms with Gasteiger partial charge in [-0.25, -0.2) is 13.8 Å². The molecule has 184 valence electrons. The van der Waals surface area contributed by atoms with Crippen LogP contribution in [-0.4, -0.2) is 42.3 Å². The lowest BCUT2D eigenvalue weighted by Gasteiger charge is -2.31. The van der Waals surface area contributed by atoms with Crippen molar-refractivity contribution in [2.75, 3.05) is 27.3 Å². The summed E-state index contributed by atoms with van der Waals surface area (Å²) in [6.07, 6.45) is 8.31. The van der Waals surface area contributed by atoms with Gasteiger partial charge in [0, 0.05) is 59.4 Å². The molecule has 1 saturated heterocycles. The summed E-state index contributed by atoms with van der Waals surface area (Å²) in [5.74, 6) is -1.71. The number of rotatable bonds is 6. The van der Waals surface area contributed by atoms with Crippen LogP contribution in [-0.2, 0) is 11.8 Å². The topological polar surface area (TPSA) is 95.8 Å². The Morgan fingerprint density at radius 1 is 1.00 bits per heavy atom. The SMILES string of the molecule is COc1cc(OC)c(F)c(Cc2c[nH]c3ncc(-c4cncc(C5(C#N)CCNCC5)c4)cc23)c1F. The number of halogens is 2. The highest BCUT2D eigenvalue weighted by atomic mass is 19.1. The predicted octanol–water partition coefficient (Wildman–Crippen LogP) is 4.66. The van der Waals surface area contributed by atoms with Gasteiger partial charge in [0.25, 0.3) is 0 Å². The van der Waals surface area contributed by atoms with E-state index in [0.29, 0.717) is 11.2 Å². The largest absolute Gasteiger partial charge is 0.494 e. The smallest absolute Gasteiger partial charge is 0.171 e. The number of aromatic nitrogens is 3. The van der Waals surface area contributed by atoms with Gasteiger partial charge >= 0.3 is 0 Å². The summed E-state index contributed by atoms with van der Waals surface area (Å²) in [4.78, 5) is 12.0. The first-order chi connectivity index (χ1) is 17.5. The van der Waals surface area contributed by atoms with Crippen LogP contribution in [0.25, 0.3) is 22.2 Å².